The molecule has 0 amide bonds. The van der Waals surface area contributed by atoms with Crippen LogP contribution in [0.15, 0.2) is 36.7 Å². The molecule has 3 heterocycles. The number of ether oxygens (including phenoxy) is 2. The Balaban J connectivity index is 1.93. The van der Waals surface area contributed by atoms with E-state index in [1.807, 2.05) is 18.2 Å². The molecule has 0 fully saturated rings. The molecular weight excluding hydrogens is 274 g/mol. The molecule has 7 heteroatoms. The number of carbonyl (C=O) groups is 1. The second-order valence-electron chi connectivity index (χ2n) is 4.51. The van der Waals surface area contributed by atoms with Crippen LogP contribution in [0, 0.1) is 0 Å². The van der Waals surface area contributed by atoms with Crippen LogP contribution in [0.2, 0.25) is 0 Å². The summed E-state index contributed by atoms with van der Waals surface area (Å²) in [7, 11) is 0. The van der Waals surface area contributed by atoms with Gasteiger partial charge in [-0.05, 0) is 29.7 Å². The average molecular weight is 283 g/mol. The second-order valence-corrected chi connectivity index (χ2v) is 4.51. The maximum atomic E-state index is 10.9. The predicted octanol–water partition coefficient (Wildman–Crippen LogP) is 1.85. The number of hydrogen-bond donors (Lipinski definition) is 1. The molecule has 0 bridgehead atoms. The highest BCUT2D eigenvalue weighted by Crippen LogP contribution is 2.37. The highest BCUT2D eigenvalue weighted by atomic mass is 16.7. The molecule has 0 aliphatic carbocycles. The number of rotatable bonds is 2. The molecule has 1 aliphatic rings. The summed E-state index contributed by atoms with van der Waals surface area (Å²) in [5, 5.41) is 14.7. The lowest BCUT2D eigenvalue weighted by Crippen LogP contribution is -2.03. The van der Waals surface area contributed by atoms with E-state index in [4.69, 9.17) is 14.6 Å². The van der Waals surface area contributed by atoms with Gasteiger partial charge in [-0.3, -0.25) is 0 Å². The topological polar surface area (TPSA) is 86.5 Å². The Morgan fingerprint density at radius 1 is 1.24 bits per heavy atom. The number of aromatic nitrogens is 3. The quantitative estimate of drug-likeness (QED) is 0.772. The predicted molar refractivity (Wildman–Crippen MR) is 71.9 cm³/mol. The van der Waals surface area contributed by atoms with E-state index in [1.165, 1.54) is 10.7 Å². The average Bonchev–Trinajstić information content (AvgIpc) is 3.13. The number of aromatic carboxylic acids is 1. The lowest BCUT2D eigenvalue weighted by molar-refractivity contribution is 0.0690. The van der Waals surface area contributed by atoms with Gasteiger partial charge in [-0.1, -0.05) is 0 Å². The Kier molecular flexibility index (Phi) is 2.34. The second kappa shape index (κ2) is 4.20. The molecule has 21 heavy (non-hydrogen) atoms. The molecule has 104 valence electrons. The minimum atomic E-state index is -1.08. The third-order valence-corrected chi connectivity index (χ3v) is 3.26. The molecule has 0 unspecified atom stereocenters. The Morgan fingerprint density at radius 3 is 2.81 bits per heavy atom. The molecule has 1 aliphatic heterocycles. The van der Waals surface area contributed by atoms with Gasteiger partial charge in [-0.15, -0.1) is 0 Å². The van der Waals surface area contributed by atoms with E-state index in [2.05, 4.69) is 10.1 Å². The van der Waals surface area contributed by atoms with E-state index in [1.54, 1.807) is 12.4 Å². The zero-order chi connectivity index (χ0) is 14.4. The lowest BCUT2D eigenvalue weighted by atomic mass is 10.1. The first kappa shape index (κ1) is 11.7. The number of fused-ring (bicyclic) bond motifs is 2. The lowest BCUT2D eigenvalue weighted by Gasteiger charge is -2.06. The molecular formula is C14H9N3O4. The summed E-state index contributed by atoms with van der Waals surface area (Å²) in [5.41, 5.74) is -0.0328. The fourth-order valence-corrected chi connectivity index (χ4v) is 2.29. The van der Waals surface area contributed by atoms with Crippen molar-refractivity contribution in [1.29, 1.82) is 0 Å². The summed E-state index contributed by atoms with van der Waals surface area (Å²) in [4.78, 5) is 15.2. The number of nitrogens with zero attached hydrogens (tertiary/aromatic N) is 3. The van der Waals surface area contributed by atoms with Crippen LogP contribution in [0.25, 0.3) is 16.6 Å². The molecule has 4 rings (SSSR count). The molecule has 0 atom stereocenters. The molecule has 1 N–H and O–H groups in total. The Labute approximate surface area is 118 Å². The van der Waals surface area contributed by atoms with Crippen molar-refractivity contribution in [2.75, 3.05) is 6.79 Å². The zero-order valence-corrected chi connectivity index (χ0v) is 10.7. The number of pyridine rings is 1. The van der Waals surface area contributed by atoms with Crippen molar-refractivity contribution in [1.82, 2.24) is 14.8 Å². The molecule has 0 saturated carbocycles. The van der Waals surface area contributed by atoms with Gasteiger partial charge < -0.3 is 14.6 Å². The van der Waals surface area contributed by atoms with Gasteiger partial charge in [0.05, 0.1) is 0 Å². The van der Waals surface area contributed by atoms with Crippen molar-refractivity contribution in [3.63, 3.8) is 0 Å². The maximum Gasteiger partial charge on any atom is 0.356 e. The standard InChI is InChI=1S/C14H9N3O4/c18-14(19)10-2-4-17(16-10)13-9-6-12-11(20-7-21-12)5-8(9)1-3-15-13/h1-6H,7H2,(H,18,19). The molecule has 0 radical (unpaired) electrons. The summed E-state index contributed by atoms with van der Waals surface area (Å²) in [5.74, 6) is 0.790. The van der Waals surface area contributed by atoms with Crippen molar-refractivity contribution in [2.45, 2.75) is 0 Å². The van der Waals surface area contributed by atoms with Crippen LogP contribution in [0.5, 0.6) is 11.5 Å². The summed E-state index contributed by atoms with van der Waals surface area (Å²) in [6, 6.07) is 6.96. The Hall–Kier alpha value is -3.09. The SMILES string of the molecule is O=C(O)c1ccn(-c2nccc3cc4c(cc23)OCO4)n1. The van der Waals surface area contributed by atoms with Gasteiger partial charge in [0.1, 0.15) is 0 Å². The summed E-state index contributed by atoms with van der Waals surface area (Å²) in [6.45, 7) is 0.194. The van der Waals surface area contributed by atoms with Gasteiger partial charge in [0.2, 0.25) is 6.79 Å². The third kappa shape index (κ3) is 1.78. The van der Waals surface area contributed by atoms with E-state index in [9.17, 15) is 4.79 Å². The van der Waals surface area contributed by atoms with E-state index in [-0.39, 0.29) is 12.5 Å². The zero-order valence-electron chi connectivity index (χ0n) is 10.7. The van der Waals surface area contributed by atoms with E-state index in [0.29, 0.717) is 17.3 Å². The van der Waals surface area contributed by atoms with Gasteiger partial charge in [-0.25, -0.2) is 14.5 Å². The van der Waals surface area contributed by atoms with Gasteiger partial charge in [-0.2, -0.15) is 5.10 Å². The summed E-state index contributed by atoms with van der Waals surface area (Å²) < 4.78 is 12.2. The first-order valence-corrected chi connectivity index (χ1v) is 6.20. The number of benzene rings is 1. The molecule has 1 aromatic carbocycles. The van der Waals surface area contributed by atoms with Crippen molar-refractivity contribution in [3.05, 3.63) is 42.4 Å². The van der Waals surface area contributed by atoms with E-state index < -0.39 is 5.97 Å². The Morgan fingerprint density at radius 2 is 2.05 bits per heavy atom. The van der Waals surface area contributed by atoms with Crippen molar-refractivity contribution < 1.29 is 19.4 Å². The van der Waals surface area contributed by atoms with Crippen LogP contribution in [0.4, 0.5) is 0 Å². The molecule has 7 nitrogen and oxygen atoms in total. The van der Waals surface area contributed by atoms with Gasteiger partial charge >= 0.3 is 5.97 Å². The highest BCUT2D eigenvalue weighted by Gasteiger charge is 2.17. The van der Waals surface area contributed by atoms with E-state index >= 15 is 0 Å². The van der Waals surface area contributed by atoms with Gasteiger partial charge in [0.25, 0.3) is 0 Å². The number of carboxylic acids is 1. The monoisotopic (exact) mass is 283 g/mol. The van der Waals surface area contributed by atoms with Crippen LogP contribution >= 0.6 is 0 Å². The van der Waals surface area contributed by atoms with Crippen LogP contribution in [0.3, 0.4) is 0 Å². The largest absolute Gasteiger partial charge is 0.476 e. The molecule has 3 aromatic rings. The summed E-state index contributed by atoms with van der Waals surface area (Å²) in [6.07, 6.45) is 3.21. The molecule has 0 spiro atoms. The normalized spacial score (nSPS) is 12.8. The van der Waals surface area contributed by atoms with Crippen LogP contribution < -0.4 is 9.47 Å². The van der Waals surface area contributed by atoms with Crippen molar-refractivity contribution >= 4 is 16.7 Å². The highest BCUT2D eigenvalue weighted by molar-refractivity contribution is 5.91. The smallest absolute Gasteiger partial charge is 0.356 e. The van der Waals surface area contributed by atoms with Crippen molar-refractivity contribution in [2.24, 2.45) is 0 Å². The van der Waals surface area contributed by atoms with Crippen LogP contribution in [-0.2, 0) is 0 Å². The van der Waals surface area contributed by atoms with Gasteiger partial charge in [0, 0.05) is 17.8 Å². The number of hydrogen-bond acceptors (Lipinski definition) is 5. The minimum Gasteiger partial charge on any atom is -0.476 e. The third-order valence-electron chi connectivity index (χ3n) is 3.26. The van der Waals surface area contributed by atoms with E-state index in [0.717, 1.165) is 10.8 Å². The Bertz CT molecular complexity index is 872. The molecule has 0 saturated heterocycles. The van der Waals surface area contributed by atoms with Crippen molar-refractivity contribution in [3.8, 4) is 17.3 Å². The fraction of sp³-hybridized carbons (Fsp3) is 0.0714. The van der Waals surface area contributed by atoms with Gasteiger partial charge in [0.15, 0.2) is 23.0 Å². The minimum absolute atomic E-state index is 0.0328. The van der Waals surface area contributed by atoms with Crippen LogP contribution in [0.1, 0.15) is 10.5 Å². The number of carboxylic acid groups (broad SMARTS) is 1. The summed E-state index contributed by atoms with van der Waals surface area (Å²) >= 11 is 0. The maximum absolute atomic E-state index is 10.9. The molecule has 2 aromatic heterocycles. The fourth-order valence-electron chi connectivity index (χ4n) is 2.29. The first-order chi connectivity index (χ1) is 10.2. The first-order valence-electron chi connectivity index (χ1n) is 6.20. The van der Waals surface area contributed by atoms with Crippen LogP contribution in [-0.4, -0.2) is 32.6 Å².